The van der Waals surface area contributed by atoms with E-state index in [0.717, 1.165) is 0 Å². The fraction of sp³-hybridized carbons (Fsp3) is 0.417. The summed E-state index contributed by atoms with van der Waals surface area (Å²) in [5.74, 6) is -0.129. The lowest BCUT2D eigenvalue weighted by Gasteiger charge is -2.38. The number of methoxy groups -OCH3 is 1. The monoisotopic (exact) mass is 483 g/mol. The minimum atomic E-state index is -0.878. The maximum absolute atomic E-state index is 13.1. The first kappa shape index (κ1) is 24.3. The van der Waals surface area contributed by atoms with Gasteiger partial charge in [0.1, 0.15) is 11.8 Å². The van der Waals surface area contributed by atoms with E-state index in [0.29, 0.717) is 56.5 Å². The summed E-state index contributed by atoms with van der Waals surface area (Å²) in [5.41, 5.74) is 0.576. The number of nitrogens with one attached hydrogen (secondary N) is 2. The van der Waals surface area contributed by atoms with E-state index in [4.69, 9.17) is 9.15 Å². The van der Waals surface area contributed by atoms with E-state index in [2.05, 4.69) is 10.6 Å². The highest BCUT2D eigenvalue weighted by atomic mass is 16.5. The third-order valence-corrected chi connectivity index (χ3v) is 6.15. The molecule has 2 aliphatic rings. The van der Waals surface area contributed by atoms with Gasteiger partial charge in [0, 0.05) is 45.0 Å². The molecule has 2 saturated heterocycles. The molecule has 1 unspecified atom stereocenters. The lowest BCUT2D eigenvalue weighted by molar-refractivity contribution is -0.145. The van der Waals surface area contributed by atoms with Crippen LogP contribution >= 0.6 is 0 Å². The maximum atomic E-state index is 13.1. The van der Waals surface area contributed by atoms with E-state index in [-0.39, 0.29) is 36.6 Å². The number of carbonyl (C=O) groups excluding carboxylic acids is 4. The lowest BCUT2D eigenvalue weighted by atomic mass is 10.1. The molecule has 2 aromatic rings. The zero-order chi connectivity index (χ0) is 24.8. The second-order valence-electron chi connectivity index (χ2n) is 8.42. The van der Waals surface area contributed by atoms with Crippen LogP contribution < -0.4 is 15.4 Å². The van der Waals surface area contributed by atoms with E-state index in [9.17, 15) is 19.2 Å². The van der Waals surface area contributed by atoms with Gasteiger partial charge >= 0.3 is 0 Å². The number of anilines is 1. The molecule has 1 atom stereocenters. The Hall–Kier alpha value is -3.86. The first-order valence-electron chi connectivity index (χ1n) is 11.5. The minimum absolute atomic E-state index is 0.118. The van der Waals surface area contributed by atoms with Gasteiger partial charge in [-0.1, -0.05) is 0 Å². The fourth-order valence-corrected chi connectivity index (χ4v) is 4.23. The Morgan fingerprint density at radius 1 is 1.09 bits per heavy atom. The molecule has 0 radical (unpaired) electrons. The van der Waals surface area contributed by atoms with Crippen molar-refractivity contribution >= 4 is 29.3 Å². The van der Waals surface area contributed by atoms with Crippen molar-refractivity contribution in [3.05, 3.63) is 48.4 Å². The van der Waals surface area contributed by atoms with Crippen LogP contribution in [0.4, 0.5) is 5.69 Å². The largest absolute Gasteiger partial charge is 0.497 e. The van der Waals surface area contributed by atoms with E-state index >= 15 is 0 Å². The van der Waals surface area contributed by atoms with Gasteiger partial charge in [-0.25, -0.2) is 0 Å². The van der Waals surface area contributed by atoms with Crippen LogP contribution in [0.5, 0.6) is 5.75 Å². The molecule has 1 aromatic heterocycles. The van der Waals surface area contributed by atoms with Crippen LogP contribution in [0.1, 0.15) is 17.0 Å². The minimum Gasteiger partial charge on any atom is -0.497 e. The van der Waals surface area contributed by atoms with E-state index < -0.39 is 6.04 Å². The molecule has 11 heteroatoms. The van der Waals surface area contributed by atoms with Gasteiger partial charge in [-0.2, -0.15) is 0 Å². The van der Waals surface area contributed by atoms with Crippen LogP contribution in [-0.2, 0) is 14.4 Å². The third kappa shape index (κ3) is 5.99. The zero-order valence-corrected chi connectivity index (χ0v) is 19.6. The van der Waals surface area contributed by atoms with Gasteiger partial charge in [-0.05, 0) is 36.4 Å². The number of nitrogens with zero attached hydrogens (tertiary/aromatic N) is 3. The number of ether oxygens (including phenoxy) is 1. The molecule has 2 aliphatic heterocycles. The number of benzene rings is 1. The summed E-state index contributed by atoms with van der Waals surface area (Å²) in [6.45, 7) is 2.80. The summed E-state index contributed by atoms with van der Waals surface area (Å²) in [5, 5.41) is 5.50. The van der Waals surface area contributed by atoms with Crippen LogP contribution in [0.3, 0.4) is 0 Å². The number of hydrogen-bond donors (Lipinski definition) is 2. The number of rotatable bonds is 7. The van der Waals surface area contributed by atoms with Crippen molar-refractivity contribution < 1.29 is 28.3 Å². The number of amides is 4. The van der Waals surface area contributed by atoms with Crippen LogP contribution in [0.15, 0.2) is 47.1 Å². The van der Waals surface area contributed by atoms with E-state index in [1.165, 1.54) is 11.2 Å². The number of furan rings is 1. The van der Waals surface area contributed by atoms with Crippen LogP contribution in [0.2, 0.25) is 0 Å². The fourth-order valence-electron chi connectivity index (χ4n) is 4.23. The zero-order valence-electron chi connectivity index (χ0n) is 19.6. The molecule has 11 nitrogen and oxygen atoms in total. The Balaban J connectivity index is 1.30. The van der Waals surface area contributed by atoms with Gasteiger partial charge in [0.25, 0.3) is 5.91 Å². The van der Waals surface area contributed by atoms with E-state index in [1.54, 1.807) is 48.4 Å². The molecule has 2 N–H and O–H groups in total. The predicted molar refractivity (Wildman–Crippen MR) is 126 cm³/mol. The van der Waals surface area contributed by atoms with Crippen molar-refractivity contribution in [2.45, 2.75) is 12.5 Å². The summed E-state index contributed by atoms with van der Waals surface area (Å²) >= 11 is 0. The van der Waals surface area contributed by atoms with Crippen molar-refractivity contribution in [1.82, 2.24) is 20.0 Å². The Kier molecular flexibility index (Phi) is 7.66. The highest BCUT2D eigenvalue weighted by Gasteiger charge is 2.35. The predicted octanol–water partition coefficient (Wildman–Crippen LogP) is 0.402. The number of piperazine rings is 2. The maximum Gasteiger partial charge on any atom is 0.289 e. The van der Waals surface area contributed by atoms with Crippen LogP contribution in [0.25, 0.3) is 0 Å². The van der Waals surface area contributed by atoms with Crippen molar-refractivity contribution in [3.8, 4) is 5.75 Å². The molecule has 0 aliphatic carbocycles. The average molecular weight is 484 g/mol. The lowest BCUT2D eigenvalue weighted by Crippen LogP contribution is -2.60. The second-order valence-corrected chi connectivity index (χ2v) is 8.42. The topological polar surface area (TPSA) is 124 Å². The molecule has 4 rings (SSSR count). The summed E-state index contributed by atoms with van der Waals surface area (Å²) < 4.78 is 10.3. The summed E-state index contributed by atoms with van der Waals surface area (Å²) in [4.78, 5) is 55.8. The quantitative estimate of drug-likeness (QED) is 0.584. The molecule has 0 bridgehead atoms. The van der Waals surface area contributed by atoms with Gasteiger partial charge in [0.05, 0.1) is 26.3 Å². The number of hydrogen-bond acceptors (Lipinski definition) is 7. The molecule has 4 amide bonds. The SMILES string of the molecule is COc1ccc(NC(=O)CC2C(=O)NCCN2C(=O)CN2CCN(C(=O)c3ccco3)CC2)cc1. The second kappa shape index (κ2) is 11.0. The summed E-state index contributed by atoms with van der Waals surface area (Å²) in [6, 6.07) is 9.28. The van der Waals surface area contributed by atoms with Crippen molar-refractivity contribution in [2.75, 3.05) is 58.2 Å². The Morgan fingerprint density at radius 2 is 1.83 bits per heavy atom. The normalized spacial score (nSPS) is 18.7. The molecule has 0 spiro atoms. The molecule has 1 aromatic carbocycles. The standard InChI is InChI=1S/C24H29N5O6/c1-34-18-6-4-17(5-7-18)26-21(30)15-19-23(32)25-8-9-29(19)22(31)16-27-10-12-28(13-11-27)24(33)20-3-2-14-35-20/h2-7,14,19H,8-13,15-16H2,1H3,(H,25,32)(H,26,30). The molecular formula is C24H29N5O6. The van der Waals surface area contributed by atoms with Crippen molar-refractivity contribution in [3.63, 3.8) is 0 Å². The highest BCUT2D eigenvalue weighted by Crippen LogP contribution is 2.17. The molecule has 2 fully saturated rings. The van der Waals surface area contributed by atoms with Crippen LogP contribution in [0, 0.1) is 0 Å². The average Bonchev–Trinajstić information content (AvgIpc) is 3.41. The summed E-state index contributed by atoms with van der Waals surface area (Å²) in [7, 11) is 1.56. The molecule has 35 heavy (non-hydrogen) atoms. The van der Waals surface area contributed by atoms with Gasteiger partial charge < -0.3 is 29.6 Å². The molecule has 0 saturated carbocycles. The number of carbonyl (C=O) groups is 4. The van der Waals surface area contributed by atoms with Crippen LogP contribution in [-0.4, -0.2) is 97.3 Å². The van der Waals surface area contributed by atoms with Gasteiger partial charge in [0.15, 0.2) is 5.76 Å². The Bertz CT molecular complexity index is 1050. The summed E-state index contributed by atoms with van der Waals surface area (Å²) in [6.07, 6.45) is 1.32. The van der Waals surface area contributed by atoms with Crippen molar-refractivity contribution in [2.24, 2.45) is 0 Å². The third-order valence-electron chi connectivity index (χ3n) is 6.15. The molecule has 3 heterocycles. The highest BCUT2D eigenvalue weighted by molar-refractivity contribution is 5.97. The smallest absolute Gasteiger partial charge is 0.289 e. The van der Waals surface area contributed by atoms with Crippen molar-refractivity contribution in [1.29, 1.82) is 0 Å². The van der Waals surface area contributed by atoms with Gasteiger partial charge in [-0.3, -0.25) is 24.1 Å². The van der Waals surface area contributed by atoms with Gasteiger partial charge in [-0.15, -0.1) is 0 Å². The molecular weight excluding hydrogens is 454 g/mol. The molecule has 186 valence electrons. The Morgan fingerprint density at radius 3 is 2.49 bits per heavy atom. The van der Waals surface area contributed by atoms with Gasteiger partial charge in [0.2, 0.25) is 17.7 Å². The van der Waals surface area contributed by atoms with E-state index in [1.807, 2.05) is 4.90 Å². The Labute approximate surface area is 203 Å². The first-order chi connectivity index (χ1) is 16.9. The first-order valence-corrected chi connectivity index (χ1v) is 11.5.